The van der Waals surface area contributed by atoms with Gasteiger partial charge in [-0.3, -0.25) is 4.79 Å². The van der Waals surface area contributed by atoms with Crippen molar-refractivity contribution in [2.24, 2.45) is 13.0 Å². The summed E-state index contributed by atoms with van der Waals surface area (Å²) >= 11 is 0. The number of rotatable bonds is 3. The largest absolute Gasteiger partial charge is 0.381 e. The summed E-state index contributed by atoms with van der Waals surface area (Å²) in [6.45, 7) is 2.54. The van der Waals surface area contributed by atoms with E-state index in [-0.39, 0.29) is 5.56 Å². The minimum absolute atomic E-state index is 0.00636. The molecular weight excluding hydrogens is 302 g/mol. The van der Waals surface area contributed by atoms with E-state index in [0.717, 1.165) is 49.3 Å². The van der Waals surface area contributed by atoms with Gasteiger partial charge in [0.05, 0.1) is 11.1 Å². The number of ether oxygens (including phenoxy) is 1. The Hall–Kier alpha value is -2.40. The lowest BCUT2D eigenvalue weighted by Crippen LogP contribution is -2.23. The molecule has 5 heteroatoms. The third kappa shape index (κ3) is 2.65. The summed E-state index contributed by atoms with van der Waals surface area (Å²) in [5.41, 5.74) is 1.59. The van der Waals surface area contributed by atoms with Gasteiger partial charge in [-0.1, -0.05) is 18.2 Å². The molecule has 0 atom stereocenters. The second-order valence-electron chi connectivity index (χ2n) is 6.44. The highest BCUT2D eigenvalue weighted by Gasteiger charge is 2.18. The minimum Gasteiger partial charge on any atom is -0.381 e. The van der Waals surface area contributed by atoms with Crippen molar-refractivity contribution in [3.05, 3.63) is 53.1 Å². The van der Waals surface area contributed by atoms with Gasteiger partial charge >= 0.3 is 0 Å². The van der Waals surface area contributed by atoms with Gasteiger partial charge < -0.3 is 13.9 Å². The average Bonchev–Trinajstić information content (AvgIpc) is 3.07. The Labute approximate surface area is 140 Å². The number of imidazole rings is 1. The van der Waals surface area contributed by atoms with E-state index in [0.29, 0.717) is 11.5 Å². The van der Waals surface area contributed by atoms with Crippen molar-refractivity contribution in [3.8, 4) is 11.4 Å². The van der Waals surface area contributed by atoms with E-state index < -0.39 is 0 Å². The zero-order valence-electron chi connectivity index (χ0n) is 13.8. The summed E-state index contributed by atoms with van der Waals surface area (Å²) < 4.78 is 9.26. The van der Waals surface area contributed by atoms with E-state index in [1.807, 2.05) is 43.6 Å². The van der Waals surface area contributed by atoms with Crippen LogP contribution in [-0.4, -0.2) is 27.3 Å². The number of para-hydroxylation sites is 1. The molecule has 0 unspecified atom stereocenters. The quantitative estimate of drug-likeness (QED) is 0.745. The first kappa shape index (κ1) is 15.1. The molecule has 4 rings (SSSR count). The van der Waals surface area contributed by atoms with E-state index in [2.05, 4.69) is 9.55 Å². The molecule has 3 aromatic rings. The maximum absolute atomic E-state index is 12.8. The van der Waals surface area contributed by atoms with Gasteiger partial charge in [0.15, 0.2) is 0 Å². The molecule has 1 aromatic carbocycles. The fourth-order valence-corrected chi connectivity index (χ4v) is 3.49. The van der Waals surface area contributed by atoms with Crippen LogP contribution in [0.25, 0.3) is 22.3 Å². The van der Waals surface area contributed by atoms with Gasteiger partial charge in [0.25, 0.3) is 5.56 Å². The van der Waals surface area contributed by atoms with Gasteiger partial charge in [0.1, 0.15) is 5.82 Å². The van der Waals surface area contributed by atoms with Crippen LogP contribution in [0.4, 0.5) is 0 Å². The first-order valence-corrected chi connectivity index (χ1v) is 8.42. The molecule has 0 radical (unpaired) electrons. The van der Waals surface area contributed by atoms with Crippen molar-refractivity contribution < 1.29 is 4.74 Å². The molecular formula is C19H21N3O2. The molecule has 0 aliphatic carbocycles. The molecule has 0 saturated carbocycles. The van der Waals surface area contributed by atoms with Gasteiger partial charge in [0.2, 0.25) is 0 Å². The smallest absolute Gasteiger partial charge is 0.261 e. The predicted molar refractivity (Wildman–Crippen MR) is 94.0 cm³/mol. The van der Waals surface area contributed by atoms with Crippen LogP contribution in [0.3, 0.4) is 0 Å². The molecule has 1 aliphatic heterocycles. The molecule has 24 heavy (non-hydrogen) atoms. The molecule has 124 valence electrons. The monoisotopic (exact) mass is 323 g/mol. The molecule has 1 saturated heterocycles. The number of benzene rings is 1. The van der Waals surface area contributed by atoms with E-state index in [9.17, 15) is 4.79 Å². The van der Waals surface area contributed by atoms with Crippen LogP contribution in [0.1, 0.15) is 12.8 Å². The fraction of sp³-hybridized carbons (Fsp3) is 0.368. The lowest BCUT2D eigenvalue weighted by atomic mass is 10.0. The zero-order chi connectivity index (χ0) is 16.5. The Bertz CT molecular complexity index is 920. The van der Waals surface area contributed by atoms with Crippen molar-refractivity contribution in [1.29, 1.82) is 0 Å². The van der Waals surface area contributed by atoms with Crippen molar-refractivity contribution >= 4 is 10.9 Å². The van der Waals surface area contributed by atoms with Crippen LogP contribution in [0, 0.1) is 5.92 Å². The minimum atomic E-state index is -0.00636. The van der Waals surface area contributed by atoms with Crippen LogP contribution in [0.5, 0.6) is 0 Å². The highest BCUT2D eigenvalue weighted by Crippen LogP contribution is 2.23. The summed E-state index contributed by atoms with van der Waals surface area (Å²) in [4.78, 5) is 17.3. The summed E-state index contributed by atoms with van der Waals surface area (Å²) in [6.07, 6.45) is 5.88. The van der Waals surface area contributed by atoms with Crippen molar-refractivity contribution in [1.82, 2.24) is 14.1 Å². The SMILES string of the molecule is Cn1c(=O)c(-c2nccn2CC2CCOCC2)cc2ccccc21. The summed E-state index contributed by atoms with van der Waals surface area (Å²) in [5.74, 6) is 1.34. The van der Waals surface area contributed by atoms with Crippen LogP contribution in [0.15, 0.2) is 47.5 Å². The number of aromatic nitrogens is 3. The third-order valence-electron chi connectivity index (χ3n) is 4.89. The molecule has 0 N–H and O–H groups in total. The second-order valence-corrected chi connectivity index (χ2v) is 6.44. The summed E-state index contributed by atoms with van der Waals surface area (Å²) in [5, 5.41) is 1.05. The van der Waals surface area contributed by atoms with Crippen LogP contribution >= 0.6 is 0 Å². The molecule has 3 heterocycles. The van der Waals surface area contributed by atoms with Crippen LogP contribution in [-0.2, 0) is 18.3 Å². The predicted octanol–water partition coefficient (Wildman–Crippen LogP) is 2.83. The van der Waals surface area contributed by atoms with E-state index >= 15 is 0 Å². The number of aryl methyl sites for hydroxylation is 1. The third-order valence-corrected chi connectivity index (χ3v) is 4.89. The zero-order valence-corrected chi connectivity index (χ0v) is 13.8. The molecule has 1 aliphatic rings. The fourth-order valence-electron chi connectivity index (χ4n) is 3.49. The van der Waals surface area contributed by atoms with Gasteiger partial charge in [-0.15, -0.1) is 0 Å². The normalized spacial score (nSPS) is 15.9. The van der Waals surface area contributed by atoms with Gasteiger partial charge in [-0.25, -0.2) is 4.98 Å². The topological polar surface area (TPSA) is 49.0 Å². The van der Waals surface area contributed by atoms with Crippen LogP contribution < -0.4 is 5.56 Å². The maximum Gasteiger partial charge on any atom is 0.261 e. The van der Waals surface area contributed by atoms with Crippen LogP contribution in [0.2, 0.25) is 0 Å². The Morgan fingerprint density at radius 1 is 1.25 bits per heavy atom. The van der Waals surface area contributed by atoms with E-state index in [1.54, 1.807) is 10.8 Å². The number of hydrogen-bond donors (Lipinski definition) is 0. The van der Waals surface area contributed by atoms with Gasteiger partial charge in [0, 0.05) is 39.2 Å². The molecule has 0 spiro atoms. The average molecular weight is 323 g/mol. The molecule has 1 fully saturated rings. The number of fused-ring (bicyclic) bond motifs is 1. The highest BCUT2D eigenvalue weighted by atomic mass is 16.5. The summed E-state index contributed by atoms with van der Waals surface area (Å²) in [7, 11) is 1.82. The van der Waals surface area contributed by atoms with Gasteiger partial charge in [-0.2, -0.15) is 0 Å². The van der Waals surface area contributed by atoms with Crippen molar-refractivity contribution in [2.45, 2.75) is 19.4 Å². The van der Waals surface area contributed by atoms with Crippen molar-refractivity contribution in [3.63, 3.8) is 0 Å². The Balaban J connectivity index is 1.77. The standard InChI is InChI=1S/C19H21N3O2/c1-21-17-5-3-2-4-15(17)12-16(19(21)23)18-20-8-9-22(18)13-14-6-10-24-11-7-14/h2-5,8-9,12,14H,6-7,10-11,13H2,1H3. The lowest BCUT2D eigenvalue weighted by molar-refractivity contribution is 0.0614. The lowest BCUT2D eigenvalue weighted by Gasteiger charge is -2.23. The molecule has 2 aromatic heterocycles. The first-order chi connectivity index (χ1) is 11.7. The van der Waals surface area contributed by atoms with E-state index in [1.165, 1.54) is 0 Å². The maximum atomic E-state index is 12.8. The highest BCUT2D eigenvalue weighted by molar-refractivity contribution is 5.83. The van der Waals surface area contributed by atoms with Gasteiger partial charge in [-0.05, 0) is 36.3 Å². The molecule has 5 nitrogen and oxygen atoms in total. The number of hydrogen-bond acceptors (Lipinski definition) is 3. The Morgan fingerprint density at radius 3 is 2.88 bits per heavy atom. The first-order valence-electron chi connectivity index (χ1n) is 8.42. The molecule has 0 amide bonds. The second kappa shape index (κ2) is 6.24. The van der Waals surface area contributed by atoms with E-state index in [4.69, 9.17) is 4.74 Å². The Morgan fingerprint density at radius 2 is 2.04 bits per heavy atom. The summed E-state index contributed by atoms with van der Waals surface area (Å²) in [6, 6.07) is 9.90. The number of nitrogens with zero attached hydrogens (tertiary/aromatic N) is 3. The van der Waals surface area contributed by atoms with Crippen molar-refractivity contribution in [2.75, 3.05) is 13.2 Å². The number of pyridine rings is 1. The Kier molecular flexibility index (Phi) is 3.94. The molecule has 0 bridgehead atoms.